The van der Waals surface area contributed by atoms with Crippen molar-refractivity contribution in [3.8, 4) is 11.3 Å². The van der Waals surface area contributed by atoms with Crippen LogP contribution in [0.4, 0.5) is 0 Å². The average molecular weight is 483 g/mol. The standard InChI is InChI=1S/C26H26N8O2/c1-3-11-34-13-10-20(31-34)15-27-25(36)21-16-28-32(2)24(21)23(35)14-19-9-12-33-17-22(30-26(33)29-19)18-7-5-4-6-8-18/h4-10,12-13,16-17H,3,11,14-15H2,1-2H3,(H,27,36). The Kier molecular flexibility index (Phi) is 6.40. The second-order valence-electron chi connectivity index (χ2n) is 8.50. The number of ketones is 1. The molecule has 4 aromatic heterocycles. The molecule has 0 aliphatic carbocycles. The van der Waals surface area contributed by atoms with Crippen LogP contribution in [0.25, 0.3) is 17.0 Å². The molecular formula is C26H26N8O2. The maximum atomic E-state index is 13.2. The van der Waals surface area contributed by atoms with Gasteiger partial charge in [-0.05, 0) is 18.6 Å². The van der Waals surface area contributed by atoms with E-state index < -0.39 is 0 Å². The van der Waals surface area contributed by atoms with Crippen LogP contribution >= 0.6 is 0 Å². The van der Waals surface area contributed by atoms with Gasteiger partial charge in [0.1, 0.15) is 5.69 Å². The zero-order valence-electron chi connectivity index (χ0n) is 20.1. The first-order valence-electron chi connectivity index (χ1n) is 11.8. The lowest BCUT2D eigenvalue weighted by Gasteiger charge is -2.06. The number of hydrogen-bond acceptors (Lipinski definition) is 6. The smallest absolute Gasteiger partial charge is 0.255 e. The molecule has 0 aliphatic heterocycles. The highest BCUT2D eigenvalue weighted by atomic mass is 16.2. The number of fused-ring (bicyclic) bond motifs is 1. The summed E-state index contributed by atoms with van der Waals surface area (Å²) in [5, 5.41) is 11.4. The third-order valence-electron chi connectivity index (χ3n) is 5.82. The molecule has 5 aromatic rings. The Morgan fingerprint density at radius 1 is 1.00 bits per heavy atom. The molecule has 0 bridgehead atoms. The second kappa shape index (κ2) is 9.95. The van der Waals surface area contributed by atoms with Crippen LogP contribution in [0.2, 0.25) is 0 Å². The van der Waals surface area contributed by atoms with Crippen molar-refractivity contribution < 1.29 is 9.59 Å². The van der Waals surface area contributed by atoms with Gasteiger partial charge in [0.25, 0.3) is 5.91 Å². The van der Waals surface area contributed by atoms with Gasteiger partial charge in [-0.25, -0.2) is 9.97 Å². The predicted molar refractivity (Wildman–Crippen MR) is 133 cm³/mol. The quantitative estimate of drug-likeness (QED) is 0.323. The molecule has 0 atom stereocenters. The van der Waals surface area contributed by atoms with E-state index in [0.717, 1.165) is 29.9 Å². The summed E-state index contributed by atoms with van der Waals surface area (Å²) in [4.78, 5) is 35.2. The first-order valence-corrected chi connectivity index (χ1v) is 11.8. The molecule has 1 N–H and O–H groups in total. The minimum Gasteiger partial charge on any atom is -0.346 e. The van der Waals surface area contributed by atoms with Gasteiger partial charge in [-0.1, -0.05) is 37.3 Å². The molecule has 0 fully saturated rings. The average Bonchev–Trinajstić information content (AvgIpc) is 3.61. The molecule has 1 aromatic carbocycles. The van der Waals surface area contributed by atoms with Crippen molar-refractivity contribution in [2.75, 3.05) is 0 Å². The Balaban J connectivity index is 1.30. The highest BCUT2D eigenvalue weighted by Crippen LogP contribution is 2.19. The van der Waals surface area contributed by atoms with E-state index in [4.69, 9.17) is 0 Å². The van der Waals surface area contributed by atoms with E-state index in [1.807, 2.05) is 64.1 Å². The molecule has 36 heavy (non-hydrogen) atoms. The summed E-state index contributed by atoms with van der Waals surface area (Å²) in [5.74, 6) is -0.121. The number of rotatable bonds is 9. The summed E-state index contributed by atoms with van der Waals surface area (Å²) in [5.41, 5.74) is 3.56. The molecule has 5 rings (SSSR count). The van der Waals surface area contributed by atoms with Gasteiger partial charge in [-0.15, -0.1) is 0 Å². The summed E-state index contributed by atoms with van der Waals surface area (Å²) >= 11 is 0. The van der Waals surface area contributed by atoms with Gasteiger partial charge in [0.05, 0.1) is 41.8 Å². The number of carbonyl (C=O) groups is 2. The second-order valence-corrected chi connectivity index (χ2v) is 8.50. The van der Waals surface area contributed by atoms with E-state index in [2.05, 4.69) is 32.4 Å². The van der Waals surface area contributed by atoms with Crippen LogP contribution in [0.3, 0.4) is 0 Å². The van der Waals surface area contributed by atoms with Crippen molar-refractivity contribution in [2.24, 2.45) is 7.05 Å². The summed E-state index contributed by atoms with van der Waals surface area (Å²) in [6.07, 6.45) is 8.03. The van der Waals surface area contributed by atoms with E-state index in [9.17, 15) is 9.59 Å². The maximum absolute atomic E-state index is 13.2. The van der Waals surface area contributed by atoms with Gasteiger partial charge in [-0.2, -0.15) is 10.2 Å². The van der Waals surface area contributed by atoms with Gasteiger partial charge in [0, 0.05) is 37.7 Å². The highest BCUT2D eigenvalue weighted by molar-refractivity contribution is 6.07. The van der Waals surface area contributed by atoms with Crippen LogP contribution in [0.1, 0.15) is 45.6 Å². The summed E-state index contributed by atoms with van der Waals surface area (Å²) in [6, 6.07) is 13.5. The summed E-state index contributed by atoms with van der Waals surface area (Å²) < 4.78 is 5.09. The lowest BCUT2D eigenvalue weighted by Crippen LogP contribution is -2.25. The molecule has 10 nitrogen and oxygen atoms in total. The van der Waals surface area contributed by atoms with Crippen molar-refractivity contribution in [1.29, 1.82) is 0 Å². The molecule has 10 heteroatoms. The number of benzene rings is 1. The molecule has 182 valence electrons. The normalized spacial score (nSPS) is 11.2. The fraction of sp³-hybridized carbons (Fsp3) is 0.231. The number of nitrogens with zero attached hydrogens (tertiary/aromatic N) is 7. The van der Waals surface area contributed by atoms with Crippen molar-refractivity contribution >= 4 is 17.5 Å². The number of hydrogen-bond donors (Lipinski definition) is 1. The summed E-state index contributed by atoms with van der Waals surface area (Å²) in [6.45, 7) is 3.16. The van der Waals surface area contributed by atoms with Gasteiger partial charge >= 0.3 is 0 Å². The molecular weight excluding hydrogens is 456 g/mol. The van der Waals surface area contributed by atoms with Crippen LogP contribution in [0.5, 0.6) is 0 Å². The molecule has 0 aliphatic rings. The summed E-state index contributed by atoms with van der Waals surface area (Å²) in [7, 11) is 1.65. The van der Waals surface area contributed by atoms with E-state index in [-0.39, 0.29) is 35.9 Å². The van der Waals surface area contributed by atoms with E-state index in [0.29, 0.717) is 11.5 Å². The van der Waals surface area contributed by atoms with Crippen LogP contribution in [0.15, 0.2) is 67.3 Å². The maximum Gasteiger partial charge on any atom is 0.255 e. The molecule has 0 spiro atoms. The van der Waals surface area contributed by atoms with Gasteiger partial charge in [0.15, 0.2) is 5.78 Å². The number of nitrogens with one attached hydrogen (secondary N) is 1. The molecule has 4 heterocycles. The van der Waals surface area contributed by atoms with Crippen molar-refractivity contribution in [1.82, 2.24) is 39.2 Å². The zero-order chi connectivity index (χ0) is 25.1. The van der Waals surface area contributed by atoms with Gasteiger partial charge < -0.3 is 5.32 Å². The van der Waals surface area contributed by atoms with Crippen molar-refractivity contribution in [3.63, 3.8) is 0 Å². The SMILES string of the molecule is CCCn1ccc(CNC(=O)c2cnn(C)c2C(=O)Cc2ccn3cc(-c4ccccc4)nc3n2)n1. The topological polar surface area (TPSA) is 112 Å². The third kappa shape index (κ3) is 4.78. The fourth-order valence-corrected chi connectivity index (χ4v) is 4.06. The monoisotopic (exact) mass is 482 g/mol. The lowest BCUT2D eigenvalue weighted by molar-refractivity contribution is 0.0928. The number of imidazole rings is 1. The predicted octanol–water partition coefficient (Wildman–Crippen LogP) is 3.09. The molecule has 1 amide bonds. The first-order chi connectivity index (χ1) is 17.5. The molecule has 0 radical (unpaired) electrons. The minimum absolute atomic E-state index is 0.0191. The lowest BCUT2D eigenvalue weighted by atomic mass is 10.1. The van der Waals surface area contributed by atoms with Crippen molar-refractivity contribution in [2.45, 2.75) is 32.9 Å². The number of amides is 1. The van der Waals surface area contributed by atoms with E-state index >= 15 is 0 Å². The van der Waals surface area contributed by atoms with Crippen LogP contribution in [-0.4, -0.2) is 45.6 Å². The largest absolute Gasteiger partial charge is 0.346 e. The molecule has 0 saturated carbocycles. The number of Topliss-reactive ketones (excluding diaryl/α,β-unsaturated/α-hetero) is 1. The Hall–Kier alpha value is -4.60. The highest BCUT2D eigenvalue weighted by Gasteiger charge is 2.23. The Bertz CT molecular complexity index is 1530. The van der Waals surface area contributed by atoms with Crippen molar-refractivity contribution in [3.05, 3.63) is 89.9 Å². The van der Waals surface area contributed by atoms with Gasteiger partial charge in [0.2, 0.25) is 5.78 Å². The number of carbonyl (C=O) groups excluding carboxylic acids is 2. The van der Waals surface area contributed by atoms with Crippen LogP contribution in [0, 0.1) is 0 Å². The molecule has 0 saturated heterocycles. The zero-order valence-corrected chi connectivity index (χ0v) is 20.1. The number of aromatic nitrogens is 7. The first kappa shape index (κ1) is 23.2. The van der Waals surface area contributed by atoms with Crippen LogP contribution < -0.4 is 5.32 Å². The number of aryl methyl sites for hydroxylation is 2. The Morgan fingerprint density at radius 3 is 2.61 bits per heavy atom. The van der Waals surface area contributed by atoms with Crippen LogP contribution in [-0.2, 0) is 26.6 Å². The van der Waals surface area contributed by atoms with E-state index in [1.165, 1.54) is 10.9 Å². The third-order valence-corrected chi connectivity index (χ3v) is 5.82. The Labute approximate surface area is 207 Å². The fourth-order valence-electron chi connectivity index (χ4n) is 4.06. The van der Waals surface area contributed by atoms with Gasteiger partial charge in [-0.3, -0.25) is 23.4 Å². The Morgan fingerprint density at radius 2 is 1.81 bits per heavy atom. The minimum atomic E-state index is -0.374. The van der Waals surface area contributed by atoms with E-state index in [1.54, 1.807) is 13.1 Å². The molecule has 0 unspecified atom stereocenters.